The summed E-state index contributed by atoms with van der Waals surface area (Å²) in [4.78, 5) is 41.6. The molecule has 10 heteroatoms. The van der Waals surface area contributed by atoms with Crippen molar-refractivity contribution in [2.75, 3.05) is 4.90 Å². The number of carbonyl (C=O) groups excluding carboxylic acids is 3. The number of aromatic amines is 1. The van der Waals surface area contributed by atoms with Crippen LogP contribution in [0.1, 0.15) is 27.9 Å². The van der Waals surface area contributed by atoms with Crippen LogP contribution < -0.4 is 21.7 Å². The van der Waals surface area contributed by atoms with Crippen molar-refractivity contribution < 1.29 is 14.4 Å². The Kier molecular flexibility index (Phi) is 7.31. The molecule has 0 spiro atoms. The number of hydrogen-bond donors (Lipinski definition) is 4. The highest BCUT2D eigenvalue weighted by Gasteiger charge is 2.28. The van der Waals surface area contributed by atoms with Crippen molar-refractivity contribution >= 4 is 46.1 Å². The summed E-state index contributed by atoms with van der Waals surface area (Å²) < 4.78 is 0. The maximum atomic E-state index is 12.4. The maximum Gasteiger partial charge on any atom is 0.251 e. The van der Waals surface area contributed by atoms with Crippen molar-refractivity contribution in [2.24, 2.45) is 11.5 Å². The average Bonchev–Trinajstić information content (AvgIpc) is 3.60. The highest BCUT2D eigenvalue weighted by molar-refractivity contribution is 8.03. The number of nitrogens with two attached hydrogens (primary N) is 2. The predicted octanol–water partition coefficient (Wildman–Crippen LogP) is 4.27. The van der Waals surface area contributed by atoms with Gasteiger partial charge in [0.1, 0.15) is 6.42 Å². The zero-order valence-electron chi connectivity index (χ0n) is 21.6. The van der Waals surface area contributed by atoms with Crippen LogP contribution in [0.5, 0.6) is 0 Å². The van der Waals surface area contributed by atoms with Crippen molar-refractivity contribution in [3.63, 3.8) is 0 Å². The predicted molar refractivity (Wildman–Crippen MR) is 157 cm³/mol. The molecular formula is C30H26N6O3S. The van der Waals surface area contributed by atoms with E-state index in [9.17, 15) is 14.4 Å². The van der Waals surface area contributed by atoms with E-state index in [1.54, 1.807) is 6.07 Å². The van der Waals surface area contributed by atoms with Crippen molar-refractivity contribution in [2.45, 2.75) is 25.3 Å². The van der Waals surface area contributed by atoms with Gasteiger partial charge in [-0.1, -0.05) is 54.2 Å². The molecule has 2 heterocycles. The molecule has 9 nitrogen and oxygen atoms in total. The number of amides is 3. The second kappa shape index (κ2) is 11.0. The van der Waals surface area contributed by atoms with Crippen LogP contribution in [0, 0.1) is 18.3 Å². The van der Waals surface area contributed by atoms with Gasteiger partial charge in [0.15, 0.2) is 5.37 Å². The minimum Gasteiger partial charge on any atom is -0.367 e. The monoisotopic (exact) mass is 550 g/mol. The number of benzene rings is 3. The first-order valence-electron chi connectivity index (χ1n) is 12.5. The van der Waals surface area contributed by atoms with Gasteiger partial charge in [-0.25, -0.2) is 0 Å². The van der Waals surface area contributed by atoms with E-state index in [4.69, 9.17) is 16.7 Å². The maximum absolute atomic E-state index is 12.4. The zero-order chi connectivity index (χ0) is 28.4. The molecule has 6 N–H and O–H groups in total. The lowest BCUT2D eigenvalue weighted by molar-refractivity contribution is -0.120. The number of aromatic nitrogens is 1. The summed E-state index contributed by atoms with van der Waals surface area (Å²) in [5.41, 5.74) is 18.4. The van der Waals surface area contributed by atoms with Crippen LogP contribution in [0.2, 0.25) is 0 Å². The number of fused-ring (bicyclic) bond motifs is 1. The molecule has 0 saturated carbocycles. The van der Waals surface area contributed by atoms with E-state index >= 15 is 0 Å². The van der Waals surface area contributed by atoms with Gasteiger partial charge in [0.25, 0.3) is 11.8 Å². The molecule has 0 saturated heterocycles. The molecule has 1 atom stereocenters. The fourth-order valence-electron chi connectivity index (χ4n) is 4.99. The molecule has 1 aromatic heterocycles. The normalized spacial score (nSPS) is 14.3. The van der Waals surface area contributed by atoms with Crippen molar-refractivity contribution in [3.05, 3.63) is 89.0 Å². The van der Waals surface area contributed by atoms with E-state index < -0.39 is 17.2 Å². The SMILES string of the molecule is Cc1c(-c2ccc(C(N)=O)c3[nH]c(-c4ccccc4CNC(=O)CC#N)cc23)cccc1N1C=CSC1C(N)=O. The van der Waals surface area contributed by atoms with E-state index in [2.05, 4.69) is 10.3 Å². The second-order valence-electron chi connectivity index (χ2n) is 9.30. The molecule has 0 bridgehead atoms. The average molecular weight is 551 g/mol. The number of H-pyrrole nitrogens is 1. The zero-order valence-corrected chi connectivity index (χ0v) is 22.4. The van der Waals surface area contributed by atoms with Gasteiger partial charge in [-0.3, -0.25) is 14.4 Å². The lowest BCUT2D eigenvalue weighted by Gasteiger charge is -2.25. The van der Waals surface area contributed by atoms with Crippen LogP contribution in [0.4, 0.5) is 5.69 Å². The van der Waals surface area contributed by atoms with Crippen LogP contribution in [0.15, 0.2) is 72.3 Å². The quantitative estimate of drug-likeness (QED) is 0.256. The van der Waals surface area contributed by atoms with Gasteiger partial charge in [0.05, 0.1) is 17.1 Å². The summed E-state index contributed by atoms with van der Waals surface area (Å²) >= 11 is 1.35. The number of nitrogens with one attached hydrogen (secondary N) is 2. The molecule has 5 rings (SSSR count). The molecule has 200 valence electrons. The van der Waals surface area contributed by atoms with Crippen LogP contribution in [0.3, 0.4) is 0 Å². The summed E-state index contributed by atoms with van der Waals surface area (Å²) in [6, 6.07) is 20.8. The Morgan fingerprint density at radius 2 is 1.82 bits per heavy atom. The highest BCUT2D eigenvalue weighted by Crippen LogP contribution is 2.40. The van der Waals surface area contributed by atoms with E-state index in [-0.39, 0.29) is 18.9 Å². The van der Waals surface area contributed by atoms with Gasteiger partial charge in [-0.05, 0) is 52.8 Å². The van der Waals surface area contributed by atoms with Gasteiger partial charge in [-0.2, -0.15) is 5.26 Å². The number of rotatable bonds is 8. The number of thioether (sulfide) groups is 1. The Morgan fingerprint density at radius 3 is 2.58 bits per heavy atom. The third kappa shape index (κ3) is 4.90. The fourth-order valence-corrected chi connectivity index (χ4v) is 5.79. The fraction of sp³-hybridized carbons (Fsp3) is 0.133. The molecule has 3 amide bonds. The lowest BCUT2D eigenvalue weighted by atomic mass is 9.94. The van der Waals surface area contributed by atoms with Crippen LogP contribution in [-0.2, 0) is 16.1 Å². The van der Waals surface area contributed by atoms with Gasteiger partial charge < -0.3 is 26.7 Å². The summed E-state index contributed by atoms with van der Waals surface area (Å²) in [5.74, 6) is -1.34. The van der Waals surface area contributed by atoms with Crippen molar-refractivity contribution in [1.29, 1.82) is 5.26 Å². The third-order valence-corrected chi connectivity index (χ3v) is 7.88. The molecule has 4 aromatic rings. The van der Waals surface area contributed by atoms with Crippen LogP contribution >= 0.6 is 11.8 Å². The lowest BCUT2D eigenvalue weighted by Crippen LogP contribution is -2.37. The van der Waals surface area contributed by atoms with Gasteiger partial charge >= 0.3 is 0 Å². The molecular weight excluding hydrogens is 524 g/mol. The van der Waals surface area contributed by atoms with E-state index in [0.717, 1.165) is 44.6 Å². The number of nitriles is 1. The second-order valence-corrected chi connectivity index (χ2v) is 10.3. The van der Waals surface area contributed by atoms with Gasteiger partial charge in [-0.15, -0.1) is 0 Å². The molecule has 0 radical (unpaired) electrons. The van der Waals surface area contributed by atoms with Crippen molar-refractivity contribution in [3.8, 4) is 28.5 Å². The topological polar surface area (TPSA) is 158 Å². The first-order valence-corrected chi connectivity index (χ1v) is 13.4. The van der Waals surface area contributed by atoms with Crippen molar-refractivity contribution in [1.82, 2.24) is 10.3 Å². The van der Waals surface area contributed by atoms with E-state index in [1.165, 1.54) is 11.8 Å². The Hall–Kier alpha value is -5.01. The van der Waals surface area contributed by atoms with E-state index in [0.29, 0.717) is 11.1 Å². The largest absolute Gasteiger partial charge is 0.367 e. The Morgan fingerprint density at radius 1 is 1.05 bits per heavy atom. The van der Waals surface area contributed by atoms with Crippen LogP contribution in [-0.4, -0.2) is 28.1 Å². The Labute approximate surface area is 234 Å². The first-order chi connectivity index (χ1) is 19.3. The number of anilines is 1. The number of nitrogens with zero attached hydrogens (tertiary/aromatic N) is 2. The Balaban J connectivity index is 1.63. The summed E-state index contributed by atoms with van der Waals surface area (Å²) in [6.45, 7) is 2.23. The molecule has 1 aliphatic rings. The first kappa shape index (κ1) is 26.6. The number of primary amides is 2. The summed E-state index contributed by atoms with van der Waals surface area (Å²) in [6.07, 6.45) is 1.63. The highest BCUT2D eigenvalue weighted by atomic mass is 32.2. The third-order valence-electron chi connectivity index (χ3n) is 6.88. The minimum atomic E-state index is -0.559. The molecule has 40 heavy (non-hydrogen) atoms. The molecule has 3 aromatic carbocycles. The minimum absolute atomic E-state index is 0.218. The van der Waals surface area contributed by atoms with E-state index in [1.807, 2.05) is 84.1 Å². The number of carbonyl (C=O) groups is 3. The molecule has 1 aliphatic heterocycles. The van der Waals surface area contributed by atoms with Gasteiger partial charge in [0, 0.05) is 35.1 Å². The van der Waals surface area contributed by atoms with Gasteiger partial charge in [0.2, 0.25) is 5.91 Å². The van der Waals surface area contributed by atoms with Crippen LogP contribution in [0.25, 0.3) is 33.3 Å². The number of hydrogen-bond acceptors (Lipinski definition) is 6. The summed E-state index contributed by atoms with van der Waals surface area (Å²) in [5, 5.41) is 13.7. The summed E-state index contributed by atoms with van der Waals surface area (Å²) in [7, 11) is 0. The standard InChI is InChI=1S/C30H26N6O3S/c1-17-19(7-4-8-25(17)36-13-14-40-30(36)29(33)39)21-9-10-22(28(32)38)27-23(21)15-24(35-27)20-6-3-2-5-18(20)16-34-26(37)11-12-31/h2-10,13-15,30,35H,11,16H2,1H3,(H2,32,38)(H2,33,39)(H,34,37). The smallest absolute Gasteiger partial charge is 0.251 e. The molecule has 0 aliphatic carbocycles. The molecule has 0 fully saturated rings. The Bertz CT molecular complexity index is 1740. The molecule has 1 unspecified atom stereocenters.